The van der Waals surface area contributed by atoms with Crippen molar-refractivity contribution in [1.82, 2.24) is 10.6 Å². The largest absolute Gasteiger partial charge is 0.508 e. The molecule has 5 nitrogen and oxygen atoms in total. The van der Waals surface area contributed by atoms with E-state index in [4.69, 9.17) is 5.11 Å². The van der Waals surface area contributed by atoms with Crippen molar-refractivity contribution in [2.75, 3.05) is 13.2 Å². The van der Waals surface area contributed by atoms with Crippen LogP contribution in [0.3, 0.4) is 0 Å². The Balaban J connectivity index is 2.27. The number of urea groups is 1. The summed E-state index contributed by atoms with van der Waals surface area (Å²) in [6.07, 6.45) is 0.658. The fourth-order valence-electron chi connectivity index (χ4n) is 1.59. The van der Waals surface area contributed by atoms with E-state index in [1.165, 1.54) is 0 Å². The summed E-state index contributed by atoms with van der Waals surface area (Å²) in [5, 5.41) is 23.8. The van der Waals surface area contributed by atoms with Gasteiger partial charge >= 0.3 is 6.03 Å². The van der Waals surface area contributed by atoms with Gasteiger partial charge in [0, 0.05) is 19.2 Å². The van der Waals surface area contributed by atoms with E-state index in [2.05, 4.69) is 10.6 Å². The molecule has 106 valence electrons. The molecule has 0 saturated carbocycles. The zero-order valence-corrected chi connectivity index (χ0v) is 11.4. The van der Waals surface area contributed by atoms with Gasteiger partial charge in [0.25, 0.3) is 0 Å². The molecule has 19 heavy (non-hydrogen) atoms. The summed E-state index contributed by atoms with van der Waals surface area (Å²) >= 11 is 0. The van der Waals surface area contributed by atoms with Gasteiger partial charge in [0.05, 0.1) is 0 Å². The Hall–Kier alpha value is -1.75. The maximum absolute atomic E-state index is 11.6. The van der Waals surface area contributed by atoms with Crippen molar-refractivity contribution in [1.29, 1.82) is 0 Å². The number of nitrogens with one attached hydrogen (secondary N) is 2. The van der Waals surface area contributed by atoms with E-state index in [1.807, 2.05) is 19.9 Å². The molecule has 0 saturated heterocycles. The molecule has 1 rings (SSSR count). The zero-order chi connectivity index (χ0) is 14.3. The highest BCUT2D eigenvalue weighted by atomic mass is 16.3. The molecule has 0 bridgehead atoms. The predicted octanol–water partition coefficient (Wildman–Crippen LogP) is 1.25. The van der Waals surface area contributed by atoms with Crippen LogP contribution in [0.5, 0.6) is 5.75 Å². The Labute approximate surface area is 113 Å². The zero-order valence-electron chi connectivity index (χ0n) is 11.4. The second-order valence-corrected chi connectivity index (χ2v) is 4.77. The van der Waals surface area contributed by atoms with E-state index in [0.29, 0.717) is 13.0 Å². The molecule has 2 atom stereocenters. The normalized spacial score (nSPS) is 13.6. The van der Waals surface area contributed by atoms with Crippen molar-refractivity contribution in [3.05, 3.63) is 29.8 Å². The number of carbonyl (C=O) groups excluding carboxylic acids is 1. The Morgan fingerprint density at radius 3 is 2.74 bits per heavy atom. The summed E-state index contributed by atoms with van der Waals surface area (Å²) in [6, 6.07) is 6.64. The van der Waals surface area contributed by atoms with Crippen molar-refractivity contribution in [2.45, 2.75) is 26.3 Å². The monoisotopic (exact) mass is 266 g/mol. The number of aliphatic hydroxyl groups excluding tert-OH is 1. The molecule has 0 aliphatic heterocycles. The topological polar surface area (TPSA) is 81.6 Å². The molecule has 2 amide bonds. The molecule has 1 aromatic rings. The number of aromatic hydroxyl groups is 1. The van der Waals surface area contributed by atoms with E-state index < -0.39 is 0 Å². The first-order chi connectivity index (χ1) is 9.02. The van der Waals surface area contributed by atoms with Gasteiger partial charge in [-0.25, -0.2) is 4.79 Å². The third-order valence-electron chi connectivity index (χ3n) is 3.11. The number of rotatable bonds is 6. The maximum Gasteiger partial charge on any atom is 0.315 e. The Bertz CT molecular complexity index is 409. The minimum absolute atomic E-state index is 0.0248. The highest BCUT2D eigenvalue weighted by Gasteiger charge is 2.13. The summed E-state index contributed by atoms with van der Waals surface area (Å²) < 4.78 is 0. The van der Waals surface area contributed by atoms with E-state index in [1.54, 1.807) is 18.2 Å². The van der Waals surface area contributed by atoms with Crippen molar-refractivity contribution < 1.29 is 15.0 Å². The van der Waals surface area contributed by atoms with Gasteiger partial charge in [-0.3, -0.25) is 0 Å². The van der Waals surface area contributed by atoms with Crippen molar-refractivity contribution >= 4 is 6.03 Å². The second kappa shape index (κ2) is 7.63. The van der Waals surface area contributed by atoms with Crippen molar-refractivity contribution in [3.63, 3.8) is 0 Å². The van der Waals surface area contributed by atoms with Gasteiger partial charge in [0.1, 0.15) is 5.75 Å². The van der Waals surface area contributed by atoms with Crippen LogP contribution in [-0.2, 0) is 6.42 Å². The minimum Gasteiger partial charge on any atom is -0.508 e. The number of hydrogen-bond donors (Lipinski definition) is 4. The first kappa shape index (κ1) is 15.3. The highest BCUT2D eigenvalue weighted by Crippen LogP contribution is 2.10. The van der Waals surface area contributed by atoms with E-state index in [-0.39, 0.29) is 30.3 Å². The van der Waals surface area contributed by atoms with Gasteiger partial charge in [0.2, 0.25) is 0 Å². The first-order valence-electron chi connectivity index (χ1n) is 6.46. The van der Waals surface area contributed by atoms with E-state index in [9.17, 15) is 9.90 Å². The molecular formula is C14H22N2O3. The molecule has 0 radical (unpaired) electrons. The summed E-state index contributed by atoms with van der Waals surface area (Å²) in [7, 11) is 0. The van der Waals surface area contributed by atoms with Crippen LogP contribution in [0.2, 0.25) is 0 Å². The fraction of sp³-hybridized carbons (Fsp3) is 0.500. The Kier molecular flexibility index (Phi) is 6.15. The third-order valence-corrected chi connectivity index (χ3v) is 3.11. The predicted molar refractivity (Wildman–Crippen MR) is 74.1 cm³/mol. The van der Waals surface area contributed by atoms with Crippen LogP contribution in [0, 0.1) is 5.92 Å². The smallest absolute Gasteiger partial charge is 0.315 e. The number of aliphatic hydroxyl groups is 1. The van der Waals surface area contributed by atoms with Gasteiger partial charge < -0.3 is 20.8 Å². The second-order valence-electron chi connectivity index (χ2n) is 4.77. The average Bonchev–Trinajstić information content (AvgIpc) is 2.37. The van der Waals surface area contributed by atoms with Crippen LogP contribution >= 0.6 is 0 Å². The molecule has 0 heterocycles. The van der Waals surface area contributed by atoms with E-state index >= 15 is 0 Å². The molecule has 2 unspecified atom stereocenters. The lowest BCUT2D eigenvalue weighted by atomic mass is 10.1. The van der Waals surface area contributed by atoms with Crippen molar-refractivity contribution in [3.8, 4) is 5.75 Å². The average molecular weight is 266 g/mol. The lowest BCUT2D eigenvalue weighted by molar-refractivity contribution is 0.200. The lowest BCUT2D eigenvalue weighted by Crippen LogP contribution is -2.44. The van der Waals surface area contributed by atoms with Crippen LogP contribution in [0.4, 0.5) is 4.79 Å². The van der Waals surface area contributed by atoms with Crippen LogP contribution in [0.1, 0.15) is 19.4 Å². The molecule has 0 aromatic heterocycles. The van der Waals surface area contributed by atoms with Gasteiger partial charge in [-0.15, -0.1) is 0 Å². The van der Waals surface area contributed by atoms with Gasteiger partial charge in [-0.1, -0.05) is 19.1 Å². The van der Waals surface area contributed by atoms with Crippen molar-refractivity contribution in [2.24, 2.45) is 5.92 Å². The quantitative estimate of drug-likeness (QED) is 0.625. The van der Waals surface area contributed by atoms with Crippen LogP contribution in [-0.4, -0.2) is 35.4 Å². The Morgan fingerprint density at radius 1 is 1.37 bits per heavy atom. The summed E-state index contributed by atoms with van der Waals surface area (Å²) in [6.45, 7) is 4.27. The highest BCUT2D eigenvalue weighted by molar-refractivity contribution is 5.74. The molecule has 0 aliphatic rings. The van der Waals surface area contributed by atoms with Gasteiger partial charge in [-0.2, -0.15) is 0 Å². The van der Waals surface area contributed by atoms with Crippen LogP contribution < -0.4 is 10.6 Å². The molecule has 4 N–H and O–H groups in total. The molecule has 0 aliphatic carbocycles. The molecule has 1 aromatic carbocycles. The number of carbonyl (C=O) groups is 1. The first-order valence-corrected chi connectivity index (χ1v) is 6.46. The van der Waals surface area contributed by atoms with Crippen LogP contribution in [0.15, 0.2) is 24.3 Å². The molecule has 0 spiro atoms. The SMILES string of the molecule is CC(CO)C(C)NC(=O)NCCc1cccc(O)c1. The summed E-state index contributed by atoms with van der Waals surface area (Å²) in [5.41, 5.74) is 0.970. The van der Waals surface area contributed by atoms with Gasteiger partial charge in [-0.05, 0) is 37.0 Å². The Morgan fingerprint density at radius 2 is 2.11 bits per heavy atom. The minimum atomic E-state index is -0.243. The molecular weight excluding hydrogens is 244 g/mol. The summed E-state index contributed by atoms with van der Waals surface area (Å²) in [4.78, 5) is 11.6. The number of phenolic OH excluding ortho intramolecular Hbond substituents is 1. The van der Waals surface area contributed by atoms with Crippen LogP contribution in [0.25, 0.3) is 0 Å². The summed E-state index contributed by atoms with van der Waals surface area (Å²) in [5.74, 6) is 0.254. The number of benzene rings is 1. The lowest BCUT2D eigenvalue weighted by Gasteiger charge is -2.19. The maximum atomic E-state index is 11.6. The molecule has 5 heteroatoms. The fourth-order valence-corrected chi connectivity index (χ4v) is 1.59. The standard InChI is InChI=1S/C14H22N2O3/c1-10(9-17)11(2)16-14(19)15-7-6-12-4-3-5-13(18)8-12/h3-5,8,10-11,17-18H,6-7,9H2,1-2H3,(H2,15,16,19). The number of phenols is 1. The van der Waals surface area contributed by atoms with Gasteiger partial charge in [0.15, 0.2) is 0 Å². The molecule has 0 fully saturated rings. The van der Waals surface area contributed by atoms with E-state index in [0.717, 1.165) is 5.56 Å². The number of hydrogen-bond acceptors (Lipinski definition) is 3. The third kappa shape index (κ3) is 5.61. The number of amides is 2.